The Labute approximate surface area is 124 Å². The molecule has 1 spiro atoms. The average Bonchev–Trinajstić information content (AvgIpc) is 2.78. The van der Waals surface area contributed by atoms with Crippen LogP contribution in [0.15, 0.2) is 24.3 Å². The Hall–Kier alpha value is -1.84. The van der Waals surface area contributed by atoms with Gasteiger partial charge in [-0.3, -0.25) is 9.59 Å². The topological polar surface area (TPSA) is 55.4 Å². The second-order valence-corrected chi connectivity index (χ2v) is 6.16. The smallest absolute Gasteiger partial charge is 0.307 e. The maximum absolute atomic E-state index is 12.6. The number of rotatable bonds is 2. The van der Waals surface area contributed by atoms with Gasteiger partial charge in [0.25, 0.3) is 0 Å². The fourth-order valence-electron chi connectivity index (χ4n) is 3.56. The normalized spacial score (nSPS) is 23.9. The Kier molecular flexibility index (Phi) is 3.70. The molecule has 4 nitrogen and oxygen atoms in total. The molecule has 1 amide bonds. The van der Waals surface area contributed by atoms with Crippen LogP contribution in [0.4, 0.5) is 5.69 Å². The molecule has 112 valence electrons. The van der Waals surface area contributed by atoms with Gasteiger partial charge in [0.1, 0.15) is 5.60 Å². The van der Waals surface area contributed by atoms with Crippen molar-refractivity contribution in [2.75, 3.05) is 5.32 Å². The van der Waals surface area contributed by atoms with Gasteiger partial charge in [-0.05, 0) is 44.2 Å². The van der Waals surface area contributed by atoms with Crippen molar-refractivity contribution in [2.45, 2.75) is 51.0 Å². The van der Waals surface area contributed by atoms with Crippen LogP contribution < -0.4 is 5.32 Å². The Bertz CT molecular complexity index is 561. The van der Waals surface area contributed by atoms with Crippen molar-refractivity contribution < 1.29 is 14.3 Å². The van der Waals surface area contributed by atoms with Gasteiger partial charge in [0.2, 0.25) is 5.91 Å². The number of benzene rings is 1. The number of carbonyl (C=O) groups excluding carboxylic acids is 2. The summed E-state index contributed by atoms with van der Waals surface area (Å²) in [6.07, 6.45) is 5.04. The zero-order valence-corrected chi connectivity index (χ0v) is 12.4. The second kappa shape index (κ2) is 5.51. The number of esters is 1. The first kappa shape index (κ1) is 14.1. The van der Waals surface area contributed by atoms with Crippen molar-refractivity contribution >= 4 is 17.6 Å². The summed E-state index contributed by atoms with van der Waals surface area (Å²) in [5.74, 6) is -0.677. The molecule has 0 radical (unpaired) electrons. The van der Waals surface area contributed by atoms with E-state index in [9.17, 15) is 9.59 Å². The van der Waals surface area contributed by atoms with E-state index in [0.717, 1.165) is 43.4 Å². The molecule has 1 aromatic carbocycles. The van der Waals surface area contributed by atoms with Crippen molar-refractivity contribution in [2.24, 2.45) is 5.92 Å². The first-order chi connectivity index (χ1) is 10.1. The number of aryl methyl sites for hydroxylation is 1. The van der Waals surface area contributed by atoms with Crippen molar-refractivity contribution in [1.29, 1.82) is 0 Å². The lowest BCUT2D eigenvalue weighted by Crippen LogP contribution is -2.43. The fraction of sp³-hybridized carbons (Fsp3) is 0.529. The molecule has 2 aliphatic rings. The van der Waals surface area contributed by atoms with E-state index in [1.165, 1.54) is 0 Å². The third kappa shape index (κ3) is 2.67. The average molecular weight is 287 g/mol. The number of carbonyl (C=O) groups is 2. The standard InChI is InChI=1S/C17H21NO3/c1-12-7-3-4-8-14(12)18-16(20)13-11-15(19)21-17(13)9-5-2-6-10-17/h3-4,7-8,13H,2,5-6,9-11H2,1H3,(H,18,20). The second-order valence-electron chi connectivity index (χ2n) is 6.16. The van der Waals surface area contributed by atoms with Crippen LogP contribution in [-0.4, -0.2) is 17.5 Å². The summed E-state index contributed by atoms with van der Waals surface area (Å²) in [5.41, 5.74) is 1.28. The molecular formula is C17H21NO3. The number of anilines is 1. The molecule has 1 heterocycles. The minimum atomic E-state index is -0.553. The molecule has 1 aliphatic carbocycles. The maximum atomic E-state index is 12.6. The molecule has 0 bridgehead atoms. The number of ether oxygens (including phenoxy) is 1. The lowest BCUT2D eigenvalue weighted by atomic mass is 9.75. The van der Waals surface area contributed by atoms with Crippen LogP contribution in [0.25, 0.3) is 0 Å². The van der Waals surface area contributed by atoms with E-state index >= 15 is 0 Å². The predicted molar refractivity (Wildman–Crippen MR) is 79.8 cm³/mol. The monoisotopic (exact) mass is 287 g/mol. The Balaban J connectivity index is 1.79. The number of amides is 1. The molecule has 3 rings (SSSR count). The number of nitrogens with one attached hydrogen (secondary N) is 1. The molecule has 1 atom stereocenters. The van der Waals surface area contributed by atoms with Crippen molar-refractivity contribution in [3.05, 3.63) is 29.8 Å². The van der Waals surface area contributed by atoms with Gasteiger partial charge < -0.3 is 10.1 Å². The number of hydrogen-bond donors (Lipinski definition) is 1. The molecule has 2 fully saturated rings. The van der Waals surface area contributed by atoms with Crippen LogP contribution in [0.1, 0.15) is 44.1 Å². The molecule has 4 heteroatoms. The molecule has 1 unspecified atom stereocenters. The third-order valence-electron chi connectivity index (χ3n) is 4.74. The summed E-state index contributed by atoms with van der Waals surface area (Å²) >= 11 is 0. The summed E-state index contributed by atoms with van der Waals surface area (Å²) in [4.78, 5) is 24.4. The molecule has 0 aromatic heterocycles. The lowest BCUT2D eigenvalue weighted by Gasteiger charge is -2.36. The van der Waals surface area contributed by atoms with E-state index in [2.05, 4.69) is 5.32 Å². The molecule has 1 aliphatic heterocycles. The zero-order chi connectivity index (χ0) is 14.9. The van der Waals surface area contributed by atoms with Crippen LogP contribution in [-0.2, 0) is 14.3 Å². The van der Waals surface area contributed by atoms with Gasteiger partial charge >= 0.3 is 5.97 Å². The van der Waals surface area contributed by atoms with Crippen molar-refractivity contribution in [1.82, 2.24) is 0 Å². The highest BCUT2D eigenvalue weighted by Gasteiger charge is 2.52. The molecular weight excluding hydrogens is 266 g/mol. The van der Waals surface area contributed by atoms with E-state index in [1.807, 2.05) is 31.2 Å². The van der Waals surface area contributed by atoms with Crippen LogP contribution >= 0.6 is 0 Å². The lowest BCUT2D eigenvalue weighted by molar-refractivity contribution is -0.153. The SMILES string of the molecule is Cc1ccccc1NC(=O)C1CC(=O)OC12CCCCC2. The van der Waals surface area contributed by atoms with Gasteiger partial charge in [-0.15, -0.1) is 0 Å². The Morgan fingerprint density at radius 3 is 2.67 bits per heavy atom. The minimum absolute atomic E-state index is 0.0861. The molecule has 1 aromatic rings. The van der Waals surface area contributed by atoms with Crippen LogP contribution in [0.5, 0.6) is 0 Å². The highest BCUT2D eigenvalue weighted by molar-refractivity contribution is 5.97. The summed E-state index contributed by atoms with van der Waals surface area (Å²) in [5, 5.41) is 2.97. The van der Waals surface area contributed by atoms with Gasteiger partial charge in [-0.2, -0.15) is 0 Å². The van der Waals surface area contributed by atoms with Gasteiger partial charge in [-0.25, -0.2) is 0 Å². The zero-order valence-electron chi connectivity index (χ0n) is 12.4. The fourth-order valence-corrected chi connectivity index (χ4v) is 3.56. The van der Waals surface area contributed by atoms with Crippen LogP contribution in [0.2, 0.25) is 0 Å². The maximum Gasteiger partial charge on any atom is 0.307 e. The molecule has 1 saturated heterocycles. The van der Waals surface area contributed by atoms with E-state index < -0.39 is 5.60 Å². The van der Waals surface area contributed by atoms with Crippen molar-refractivity contribution in [3.8, 4) is 0 Å². The predicted octanol–water partition coefficient (Wildman–Crippen LogP) is 3.20. The quantitative estimate of drug-likeness (QED) is 0.850. The Morgan fingerprint density at radius 2 is 1.95 bits per heavy atom. The largest absolute Gasteiger partial charge is 0.458 e. The highest BCUT2D eigenvalue weighted by atomic mass is 16.6. The summed E-state index contributed by atoms with van der Waals surface area (Å²) in [7, 11) is 0. The van der Waals surface area contributed by atoms with Gasteiger partial charge in [0.15, 0.2) is 0 Å². The molecule has 1 N–H and O–H groups in total. The summed E-state index contributed by atoms with van der Waals surface area (Å²) < 4.78 is 5.59. The first-order valence-electron chi connectivity index (χ1n) is 7.69. The van der Waals surface area contributed by atoms with Gasteiger partial charge in [-0.1, -0.05) is 24.6 Å². The van der Waals surface area contributed by atoms with E-state index in [1.54, 1.807) is 0 Å². The third-order valence-corrected chi connectivity index (χ3v) is 4.74. The van der Waals surface area contributed by atoms with E-state index in [4.69, 9.17) is 4.74 Å². The first-order valence-corrected chi connectivity index (χ1v) is 7.69. The van der Waals surface area contributed by atoms with Crippen LogP contribution in [0, 0.1) is 12.8 Å². The van der Waals surface area contributed by atoms with E-state index in [0.29, 0.717) is 0 Å². The van der Waals surface area contributed by atoms with Gasteiger partial charge in [0, 0.05) is 5.69 Å². The van der Waals surface area contributed by atoms with Crippen LogP contribution in [0.3, 0.4) is 0 Å². The Morgan fingerprint density at radius 1 is 1.24 bits per heavy atom. The molecule has 21 heavy (non-hydrogen) atoms. The summed E-state index contributed by atoms with van der Waals surface area (Å²) in [6, 6.07) is 7.69. The number of hydrogen-bond acceptors (Lipinski definition) is 3. The van der Waals surface area contributed by atoms with E-state index in [-0.39, 0.29) is 24.2 Å². The van der Waals surface area contributed by atoms with Gasteiger partial charge in [0.05, 0.1) is 12.3 Å². The van der Waals surface area contributed by atoms with Crippen molar-refractivity contribution in [3.63, 3.8) is 0 Å². The minimum Gasteiger partial charge on any atom is -0.458 e. The summed E-state index contributed by atoms with van der Waals surface area (Å²) in [6.45, 7) is 1.96. The molecule has 1 saturated carbocycles. The number of para-hydroxylation sites is 1. The highest BCUT2D eigenvalue weighted by Crippen LogP contribution is 2.44.